The molecule has 1 nitrogen and oxygen atoms in total. The van der Waals surface area contributed by atoms with Gasteiger partial charge in [0, 0.05) is 27.4 Å². The van der Waals surface area contributed by atoms with Crippen molar-refractivity contribution in [1.82, 2.24) is 5.32 Å². The van der Waals surface area contributed by atoms with Crippen molar-refractivity contribution in [2.45, 2.75) is 25.8 Å². The van der Waals surface area contributed by atoms with E-state index in [9.17, 15) is 8.78 Å². The van der Waals surface area contributed by atoms with E-state index in [4.69, 9.17) is 0 Å². The molecule has 0 saturated carbocycles. The Kier molecular flexibility index (Phi) is 5.69. The van der Waals surface area contributed by atoms with Crippen molar-refractivity contribution in [3.8, 4) is 0 Å². The Hall–Kier alpha value is -0.780. The molecule has 2 rings (SSSR count). The van der Waals surface area contributed by atoms with Gasteiger partial charge in [-0.15, -0.1) is 11.3 Å². The Morgan fingerprint density at radius 1 is 1.30 bits per heavy atom. The van der Waals surface area contributed by atoms with Crippen LogP contribution in [0.1, 0.15) is 29.8 Å². The summed E-state index contributed by atoms with van der Waals surface area (Å²) in [4.78, 5) is 1.11. The van der Waals surface area contributed by atoms with Crippen LogP contribution in [0, 0.1) is 11.6 Å². The van der Waals surface area contributed by atoms with Gasteiger partial charge in [-0.05, 0) is 36.5 Å². The smallest absolute Gasteiger partial charge is 0.132 e. The molecule has 0 fully saturated rings. The Morgan fingerprint density at radius 2 is 2.00 bits per heavy atom. The van der Waals surface area contributed by atoms with Crippen molar-refractivity contribution in [2.24, 2.45) is 0 Å². The number of halogens is 3. The van der Waals surface area contributed by atoms with E-state index in [1.165, 1.54) is 12.1 Å². The third kappa shape index (κ3) is 3.87. The van der Waals surface area contributed by atoms with Crippen LogP contribution >= 0.6 is 27.3 Å². The van der Waals surface area contributed by atoms with E-state index in [0.29, 0.717) is 10.9 Å². The van der Waals surface area contributed by atoms with Crippen LogP contribution in [-0.2, 0) is 6.42 Å². The summed E-state index contributed by atoms with van der Waals surface area (Å²) in [5.74, 6) is -1.02. The number of hydrogen-bond donors (Lipinski definition) is 1. The van der Waals surface area contributed by atoms with Crippen LogP contribution in [0.15, 0.2) is 34.1 Å². The Balaban J connectivity index is 2.30. The second-order valence-electron chi connectivity index (χ2n) is 4.57. The topological polar surface area (TPSA) is 12.0 Å². The number of hydrogen-bond acceptors (Lipinski definition) is 2. The molecule has 1 aromatic carbocycles. The molecule has 0 bridgehead atoms. The zero-order valence-electron chi connectivity index (χ0n) is 11.1. The molecule has 1 aromatic heterocycles. The van der Waals surface area contributed by atoms with Crippen molar-refractivity contribution in [3.63, 3.8) is 0 Å². The SMILES string of the molecule is CCCNC(Cc1cccs1)c1c(F)cc(Br)cc1F. The van der Waals surface area contributed by atoms with Crippen LogP contribution in [0.3, 0.4) is 0 Å². The van der Waals surface area contributed by atoms with Crippen molar-refractivity contribution < 1.29 is 8.78 Å². The Bertz CT molecular complexity index is 534. The summed E-state index contributed by atoms with van der Waals surface area (Å²) in [6.07, 6.45) is 1.51. The lowest BCUT2D eigenvalue weighted by atomic mass is 10.0. The molecule has 1 N–H and O–H groups in total. The van der Waals surface area contributed by atoms with Crippen molar-refractivity contribution in [1.29, 1.82) is 0 Å². The predicted molar refractivity (Wildman–Crippen MR) is 83.1 cm³/mol. The van der Waals surface area contributed by atoms with Gasteiger partial charge in [0.05, 0.1) is 0 Å². The fourth-order valence-corrected chi connectivity index (χ4v) is 3.26. The van der Waals surface area contributed by atoms with Gasteiger partial charge in [-0.1, -0.05) is 28.9 Å². The van der Waals surface area contributed by atoms with E-state index in [1.807, 2.05) is 24.4 Å². The molecule has 0 aliphatic rings. The van der Waals surface area contributed by atoms with Crippen molar-refractivity contribution in [3.05, 3.63) is 56.2 Å². The fourth-order valence-electron chi connectivity index (χ4n) is 2.11. The summed E-state index contributed by atoms with van der Waals surface area (Å²) in [5, 5.41) is 5.21. The first-order valence-corrected chi connectivity index (χ1v) is 8.19. The van der Waals surface area contributed by atoms with Gasteiger partial charge in [-0.2, -0.15) is 0 Å². The highest BCUT2D eigenvalue weighted by Crippen LogP contribution is 2.28. The number of nitrogens with one attached hydrogen (secondary N) is 1. The van der Waals surface area contributed by atoms with Gasteiger partial charge >= 0.3 is 0 Å². The average Bonchev–Trinajstić information content (AvgIpc) is 2.87. The lowest BCUT2D eigenvalue weighted by molar-refractivity contribution is 0.465. The molecule has 0 amide bonds. The van der Waals surface area contributed by atoms with Gasteiger partial charge in [0.2, 0.25) is 0 Å². The molecule has 0 radical (unpaired) electrons. The van der Waals surface area contributed by atoms with Gasteiger partial charge in [0.25, 0.3) is 0 Å². The quantitative estimate of drug-likeness (QED) is 0.758. The largest absolute Gasteiger partial charge is 0.309 e. The van der Waals surface area contributed by atoms with Gasteiger partial charge in [0.1, 0.15) is 11.6 Å². The van der Waals surface area contributed by atoms with Crippen LogP contribution in [0.25, 0.3) is 0 Å². The molecule has 0 aliphatic heterocycles. The maximum Gasteiger partial charge on any atom is 0.132 e. The van der Waals surface area contributed by atoms with Gasteiger partial charge < -0.3 is 5.32 Å². The van der Waals surface area contributed by atoms with E-state index in [-0.39, 0.29) is 11.6 Å². The van der Waals surface area contributed by atoms with Crippen LogP contribution in [-0.4, -0.2) is 6.54 Å². The Labute approximate surface area is 130 Å². The molecule has 1 unspecified atom stereocenters. The highest BCUT2D eigenvalue weighted by molar-refractivity contribution is 9.10. The first kappa shape index (κ1) is 15.6. The molecule has 2 aromatic rings. The maximum atomic E-state index is 14.1. The lowest BCUT2D eigenvalue weighted by Crippen LogP contribution is -2.25. The molecule has 0 aliphatic carbocycles. The second-order valence-corrected chi connectivity index (χ2v) is 6.52. The first-order valence-electron chi connectivity index (χ1n) is 6.52. The highest BCUT2D eigenvalue weighted by atomic mass is 79.9. The summed E-state index contributed by atoms with van der Waals surface area (Å²) in [6, 6.07) is 6.22. The number of benzene rings is 1. The van der Waals surface area contributed by atoms with Gasteiger partial charge in [0.15, 0.2) is 0 Å². The van der Waals surface area contributed by atoms with E-state index in [1.54, 1.807) is 11.3 Å². The van der Waals surface area contributed by atoms with Crippen LogP contribution in [0.2, 0.25) is 0 Å². The van der Waals surface area contributed by atoms with E-state index in [2.05, 4.69) is 21.2 Å². The molecular formula is C15H16BrF2NS. The number of rotatable bonds is 6. The fraction of sp³-hybridized carbons (Fsp3) is 0.333. The Morgan fingerprint density at radius 3 is 2.55 bits per heavy atom. The zero-order chi connectivity index (χ0) is 14.5. The summed E-state index contributed by atoms with van der Waals surface area (Å²) in [6.45, 7) is 2.76. The highest BCUT2D eigenvalue weighted by Gasteiger charge is 2.21. The normalized spacial score (nSPS) is 12.6. The third-order valence-electron chi connectivity index (χ3n) is 3.02. The van der Waals surface area contributed by atoms with E-state index >= 15 is 0 Å². The monoisotopic (exact) mass is 359 g/mol. The lowest BCUT2D eigenvalue weighted by Gasteiger charge is -2.20. The molecule has 5 heteroatoms. The molecule has 20 heavy (non-hydrogen) atoms. The minimum absolute atomic E-state index is 0.120. The van der Waals surface area contributed by atoms with Crippen molar-refractivity contribution in [2.75, 3.05) is 6.54 Å². The van der Waals surface area contributed by atoms with Crippen LogP contribution < -0.4 is 5.32 Å². The minimum Gasteiger partial charge on any atom is -0.309 e. The summed E-state index contributed by atoms with van der Waals surface area (Å²) in [7, 11) is 0. The molecule has 1 atom stereocenters. The zero-order valence-corrected chi connectivity index (χ0v) is 13.5. The minimum atomic E-state index is -0.512. The van der Waals surface area contributed by atoms with Crippen molar-refractivity contribution >= 4 is 27.3 Å². The number of thiophene rings is 1. The van der Waals surface area contributed by atoms with Gasteiger partial charge in [-0.3, -0.25) is 0 Å². The van der Waals surface area contributed by atoms with Gasteiger partial charge in [-0.25, -0.2) is 8.78 Å². The summed E-state index contributed by atoms with van der Waals surface area (Å²) >= 11 is 4.71. The second kappa shape index (κ2) is 7.29. The van der Waals surface area contributed by atoms with Crippen LogP contribution in [0.5, 0.6) is 0 Å². The molecule has 0 saturated heterocycles. The van der Waals surface area contributed by atoms with E-state index < -0.39 is 11.6 Å². The molecular weight excluding hydrogens is 344 g/mol. The molecule has 1 heterocycles. The van der Waals surface area contributed by atoms with Crippen LogP contribution in [0.4, 0.5) is 8.78 Å². The summed E-state index contributed by atoms with van der Waals surface area (Å²) in [5.41, 5.74) is 0.120. The predicted octanol–water partition coefficient (Wildman–Crippen LogP) is 5.07. The summed E-state index contributed by atoms with van der Waals surface area (Å²) < 4.78 is 28.6. The van der Waals surface area contributed by atoms with E-state index in [0.717, 1.165) is 17.8 Å². The standard InChI is InChI=1S/C15H16BrF2NS/c1-2-5-19-14(9-11-4-3-6-20-11)15-12(17)7-10(16)8-13(15)18/h3-4,6-8,14,19H,2,5,9H2,1H3. The first-order chi connectivity index (χ1) is 9.61. The average molecular weight is 360 g/mol. The maximum absolute atomic E-state index is 14.1. The third-order valence-corrected chi connectivity index (χ3v) is 4.37. The molecule has 108 valence electrons. The molecule has 0 spiro atoms.